The predicted octanol–water partition coefficient (Wildman–Crippen LogP) is 2.43. The molecule has 0 fully saturated rings. The molecule has 21 heavy (non-hydrogen) atoms. The van der Waals surface area contributed by atoms with Gasteiger partial charge >= 0.3 is 6.18 Å². The van der Waals surface area contributed by atoms with E-state index >= 15 is 0 Å². The molecule has 0 aliphatic rings. The smallest absolute Gasteiger partial charge is 0.306 e. The van der Waals surface area contributed by atoms with Gasteiger partial charge < -0.3 is 5.32 Å². The molecule has 2 aromatic rings. The number of aryl methyl sites for hydroxylation is 2. The van der Waals surface area contributed by atoms with Crippen LogP contribution in [0.3, 0.4) is 0 Å². The monoisotopic (exact) mass is 301 g/mol. The van der Waals surface area contributed by atoms with Crippen molar-refractivity contribution in [3.05, 3.63) is 35.4 Å². The lowest BCUT2D eigenvalue weighted by molar-refractivity contribution is -0.141. The van der Waals surface area contributed by atoms with Crippen LogP contribution in [-0.2, 0) is 32.4 Å². The number of alkyl halides is 3. The van der Waals surface area contributed by atoms with Crippen molar-refractivity contribution in [2.24, 2.45) is 0 Å². The Labute approximate surface area is 120 Å². The van der Waals surface area contributed by atoms with Gasteiger partial charge in [-0.1, -0.05) is 0 Å². The van der Waals surface area contributed by atoms with Gasteiger partial charge in [0, 0.05) is 32.4 Å². The Hall–Kier alpha value is -1.83. The molecular formula is C13H18F3N5. The van der Waals surface area contributed by atoms with Crippen LogP contribution in [-0.4, -0.2) is 19.6 Å². The Morgan fingerprint density at radius 1 is 1.10 bits per heavy atom. The molecular weight excluding hydrogens is 283 g/mol. The lowest BCUT2D eigenvalue weighted by Gasteiger charge is -2.08. The summed E-state index contributed by atoms with van der Waals surface area (Å²) in [5, 5.41) is 10.9. The van der Waals surface area contributed by atoms with Crippen molar-refractivity contribution < 1.29 is 13.2 Å². The van der Waals surface area contributed by atoms with Crippen LogP contribution in [0.25, 0.3) is 0 Å². The number of nitrogens with zero attached hydrogens (tertiary/aromatic N) is 4. The molecule has 0 saturated carbocycles. The van der Waals surface area contributed by atoms with Gasteiger partial charge in [0.2, 0.25) is 0 Å². The Balaban J connectivity index is 2.01. The minimum absolute atomic E-state index is 0.325. The van der Waals surface area contributed by atoms with Crippen LogP contribution in [0.4, 0.5) is 13.2 Å². The second-order valence-corrected chi connectivity index (χ2v) is 4.58. The summed E-state index contributed by atoms with van der Waals surface area (Å²) in [6, 6.07) is 2.97. The lowest BCUT2D eigenvalue weighted by atomic mass is 10.3. The van der Waals surface area contributed by atoms with E-state index in [4.69, 9.17) is 0 Å². The van der Waals surface area contributed by atoms with Gasteiger partial charge in [-0.25, -0.2) is 0 Å². The molecule has 0 saturated heterocycles. The normalized spacial score (nSPS) is 12.0. The van der Waals surface area contributed by atoms with Crippen molar-refractivity contribution in [3.8, 4) is 0 Å². The van der Waals surface area contributed by atoms with E-state index < -0.39 is 11.9 Å². The van der Waals surface area contributed by atoms with E-state index in [0.29, 0.717) is 25.3 Å². The van der Waals surface area contributed by atoms with E-state index in [1.165, 1.54) is 4.68 Å². The molecule has 0 aromatic carbocycles. The second kappa shape index (κ2) is 6.30. The highest BCUT2D eigenvalue weighted by Crippen LogP contribution is 2.28. The molecule has 0 aliphatic carbocycles. The van der Waals surface area contributed by atoms with Crippen molar-refractivity contribution >= 4 is 0 Å². The maximum Gasteiger partial charge on any atom is 0.435 e. The van der Waals surface area contributed by atoms with Crippen LogP contribution < -0.4 is 5.32 Å². The summed E-state index contributed by atoms with van der Waals surface area (Å²) >= 11 is 0. The second-order valence-electron chi connectivity index (χ2n) is 4.58. The summed E-state index contributed by atoms with van der Waals surface area (Å²) in [4.78, 5) is 0. The highest BCUT2D eigenvalue weighted by Gasteiger charge is 2.34. The first kappa shape index (κ1) is 15.6. The van der Waals surface area contributed by atoms with Crippen LogP contribution in [0.2, 0.25) is 0 Å². The molecule has 5 nitrogen and oxygen atoms in total. The fourth-order valence-electron chi connectivity index (χ4n) is 2.12. The summed E-state index contributed by atoms with van der Waals surface area (Å²) < 4.78 is 41.2. The zero-order valence-corrected chi connectivity index (χ0v) is 12.0. The van der Waals surface area contributed by atoms with Crippen LogP contribution in [0, 0.1) is 0 Å². The molecule has 0 atom stereocenters. The zero-order chi connectivity index (χ0) is 15.5. The Kier molecular flexibility index (Phi) is 4.66. The van der Waals surface area contributed by atoms with Crippen molar-refractivity contribution in [2.75, 3.05) is 0 Å². The number of rotatable bonds is 6. The average molecular weight is 301 g/mol. The van der Waals surface area contributed by atoms with Gasteiger partial charge in [-0.2, -0.15) is 23.4 Å². The number of nitrogens with one attached hydrogen (secondary N) is 1. The first-order chi connectivity index (χ1) is 9.95. The van der Waals surface area contributed by atoms with Gasteiger partial charge in [-0.15, -0.1) is 0 Å². The van der Waals surface area contributed by atoms with E-state index in [0.717, 1.165) is 18.3 Å². The van der Waals surface area contributed by atoms with Gasteiger partial charge in [0.25, 0.3) is 0 Å². The van der Waals surface area contributed by atoms with Crippen molar-refractivity contribution in [1.29, 1.82) is 0 Å². The van der Waals surface area contributed by atoms with Crippen molar-refractivity contribution in [1.82, 2.24) is 24.9 Å². The molecule has 2 heterocycles. The summed E-state index contributed by atoms with van der Waals surface area (Å²) in [6.07, 6.45) is -2.70. The molecule has 116 valence electrons. The number of halogens is 3. The van der Waals surface area contributed by atoms with Crippen molar-refractivity contribution in [2.45, 2.75) is 46.2 Å². The first-order valence-corrected chi connectivity index (χ1v) is 6.81. The minimum atomic E-state index is -4.41. The topological polar surface area (TPSA) is 47.7 Å². The number of hydrogen-bond donors (Lipinski definition) is 1. The summed E-state index contributed by atoms with van der Waals surface area (Å²) in [5.41, 5.74) is 0.670. The summed E-state index contributed by atoms with van der Waals surface area (Å²) in [5.74, 6) is 0. The fraction of sp³-hybridized carbons (Fsp3) is 0.538. The van der Waals surface area contributed by atoms with E-state index in [1.807, 2.05) is 17.7 Å². The Morgan fingerprint density at radius 3 is 2.38 bits per heavy atom. The predicted molar refractivity (Wildman–Crippen MR) is 71.3 cm³/mol. The van der Waals surface area contributed by atoms with Gasteiger partial charge in [0.15, 0.2) is 5.69 Å². The highest BCUT2D eigenvalue weighted by atomic mass is 19.4. The largest absolute Gasteiger partial charge is 0.435 e. The SMILES string of the molecule is CCn1nccc1CNCc1cc(C(F)(F)F)nn1CC. The molecule has 0 bridgehead atoms. The van der Waals surface area contributed by atoms with Crippen LogP contribution in [0.15, 0.2) is 18.3 Å². The van der Waals surface area contributed by atoms with Gasteiger partial charge in [0.05, 0.1) is 11.4 Å². The molecule has 8 heteroatoms. The van der Waals surface area contributed by atoms with Crippen LogP contribution in [0.5, 0.6) is 0 Å². The quantitative estimate of drug-likeness (QED) is 0.891. The minimum Gasteiger partial charge on any atom is -0.306 e. The maximum absolute atomic E-state index is 12.7. The van der Waals surface area contributed by atoms with Gasteiger partial charge in [-0.05, 0) is 26.0 Å². The third-order valence-corrected chi connectivity index (χ3v) is 3.17. The molecule has 2 rings (SSSR count). The zero-order valence-electron chi connectivity index (χ0n) is 12.0. The first-order valence-electron chi connectivity index (χ1n) is 6.81. The van der Waals surface area contributed by atoms with Crippen LogP contribution in [0.1, 0.15) is 30.9 Å². The van der Waals surface area contributed by atoms with E-state index in [1.54, 1.807) is 13.1 Å². The van der Waals surface area contributed by atoms with Gasteiger partial charge in [0.1, 0.15) is 0 Å². The van der Waals surface area contributed by atoms with E-state index in [9.17, 15) is 13.2 Å². The van der Waals surface area contributed by atoms with E-state index in [2.05, 4.69) is 15.5 Å². The third kappa shape index (κ3) is 3.63. The molecule has 0 radical (unpaired) electrons. The summed E-state index contributed by atoms with van der Waals surface area (Å²) in [7, 11) is 0. The fourth-order valence-corrected chi connectivity index (χ4v) is 2.12. The standard InChI is InChI=1S/C13H18F3N5/c1-3-20-10(5-6-18-20)8-17-9-11-7-12(13(14,15)16)19-21(11)4-2/h5-7,17H,3-4,8-9H2,1-2H3. The Morgan fingerprint density at radius 2 is 1.76 bits per heavy atom. The maximum atomic E-state index is 12.7. The Bertz CT molecular complexity index is 585. The van der Waals surface area contributed by atoms with E-state index in [-0.39, 0.29) is 0 Å². The average Bonchev–Trinajstić information content (AvgIpc) is 3.04. The van der Waals surface area contributed by atoms with Crippen LogP contribution >= 0.6 is 0 Å². The lowest BCUT2D eigenvalue weighted by Crippen LogP contribution is -2.18. The third-order valence-electron chi connectivity index (χ3n) is 3.17. The van der Waals surface area contributed by atoms with Crippen molar-refractivity contribution in [3.63, 3.8) is 0 Å². The molecule has 0 spiro atoms. The highest BCUT2D eigenvalue weighted by molar-refractivity contribution is 5.13. The number of aromatic nitrogens is 4. The number of hydrogen-bond acceptors (Lipinski definition) is 3. The molecule has 0 unspecified atom stereocenters. The molecule has 0 amide bonds. The van der Waals surface area contributed by atoms with Gasteiger partial charge in [-0.3, -0.25) is 9.36 Å². The molecule has 1 N–H and O–H groups in total. The molecule has 2 aromatic heterocycles. The summed E-state index contributed by atoms with van der Waals surface area (Å²) in [6.45, 7) is 5.78. The molecule has 0 aliphatic heterocycles.